The van der Waals surface area contributed by atoms with Gasteiger partial charge in [0, 0.05) is 6.42 Å². The van der Waals surface area contributed by atoms with Gasteiger partial charge in [-0.25, -0.2) is 9.18 Å². The third-order valence-electron chi connectivity index (χ3n) is 2.56. The van der Waals surface area contributed by atoms with Gasteiger partial charge in [0.1, 0.15) is 11.9 Å². The summed E-state index contributed by atoms with van der Waals surface area (Å²) in [5.74, 6) is -0.302. The molecule has 86 valence electrons. The maximum Gasteiger partial charge on any atom is 0.407 e. The summed E-state index contributed by atoms with van der Waals surface area (Å²) in [7, 11) is 0. The van der Waals surface area contributed by atoms with Gasteiger partial charge in [-0.2, -0.15) is 0 Å². The van der Waals surface area contributed by atoms with E-state index in [1.54, 1.807) is 12.1 Å². The van der Waals surface area contributed by atoms with Crippen molar-refractivity contribution >= 4 is 6.09 Å². The molecule has 1 aliphatic heterocycles. The maximum absolute atomic E-state index is 12.7. The van der Waals surface area contributed by atoms with Crippen LogP contribution in [-0.4, -0.2) is 30.0 Å². The van der Waals surface area contributed by atoms with E-state index in [-0.39, 0.29) is 12.4 Å². The summed E-state index contributed by atoms with van der Waals surface area (Å²) in [4.78, 5) is 11.0. The first-order valence-corrected chi connectivity index (χ1v) is 5.01. The Morgan fingerprint density at radius 2 is 2.06 bits per heavy atom. The topological polar surface area (TPSA) is 58.6 Å². The standard InChI is InChI=1S/C11H12FNO3/c12-8-3-1-7(2-4-8)5-10-9(6-14)13-11(15)16-10/h1-4,9-10,14H,5-6H2,(H,13,15). The number of carbonyl (C=O) groups excluding carboxylic acids is 1. The Balaban J connectivity index is 2.03. The van der Waals surface area contributed by atoms with Crippen LogP contribution in [-0.2, 0) is 11.2 Å². The first-order valence-electron chi connectivity index (χ1n) is 5.01. The van der Waals surface area contributed by atoms with Gasteiger partial charge in [0.25, 0.3) is 0 Å². The highest BCUT2D eigenvalue weighted by Crippen LogP contribution is 2.15. The Morgan fingerprint density at radius 3 is 2.69 bits per heavy atom. The van der Waals surface area contributed by atoms with Crippen molar-refractivity contribution in [2.24, 2.45) is 0 Å². The second-order valence-corrected chi connectivity index (χ2v) is 3.71. The molecule has 2 atom stereocenters. The van der Waals surface area contributed by atoms with Crippen molar-refractivity contribution in [1.82, 2.24) is 5.32 Å². The molecule has 4 nitrogen and oxygen atoms in total. The van der Waals surface area contributed by atoms with Crippen molar-refractivity contribution in [2.75, 3.05) is 6.61 Å². The lowest BCUT2D eigenvalue weighted by Crippen LogP contribution is -2.36. The average Bonchev–Trinajstić information content (AvgIpc) is 2.62. The third-order valence-corrected chi connectivity index (χ3v) is 2.56. The summed E-state index contributed by atoms with van der Waals surface area (Å²) in [6, 6.07) is 5.59. The van der Waals surface area contributed by atoms with Crippen molar-refractivity contribution in [2.45, 2.75) is 18.6 Å². The monoisotopic (exact) mass is 225 g/mol. The normalized spacial score (nSPS) is 24.0. The molecule has 5 heteroatoms. The minimum atomic E-state index is -0.522. The Morgan fingerprint density at radius 1 is 1.38 bits per heavy atom. The molecule has 2 N–H and O–H groups in total. The number of halogens is 1. The van der Waals surface area contributed by atoms with Crippen LogP contribution in [0.5, 0.6) is 0 Å². The average molecular weight is 225 g/mol. The Kier molecular flexibility index (Phi) is 3.05. The molecule has 0 aliphatic carbocycles. The summed E-state index contributed by atoms with van der Waals surface area (Å²) >= 11 is 0. The van der Waals surface area contributed by atoms with Gasteiger partial charge in [0.2, 0.25) is 0 Å². The molecule has 1 aliphatic rings. The van der Waals surface area contributed by atoms with Crippen LogP contribution in [0.25, 0.3) is 0 Å². The van der Waals surface area contributed by atoms with Gasteiger partial charge in [-0.1, -0.05) is 12.1 Å². The van der Waals surface area contributed by atoms with Gasteiger partial charge in [-0.15, -0.1) is 0 Å². The van der Waals surface area contributed by atoms with E-state index in [1.165, 1.54) is 12.1 Å². The molecule has 1 fully saturated rings. The summed E-state index contributed by atoms with van der Waals surface area (Å²) < 4.78 is 17.7. The second kappa shape index (κ2) is 4.49. The lowest BCUT2D eigenvalue weighted by atomic mass is 10.0. The SMILES string of the molecule is O=C1NC(CO)C(Cc2ccc(F)cc2)O1. The molecule has 16 heavy (non-hydrogen) atoms. The molecular weight excluding hydrogens is 213 g/mol. The van der Waals surface area contributed by atoms with Gasteiger partial charge in [-0.3, -0.25) is 0 Å². The van der Waals surface area contributed by atoms with Gasteiger partial charge in [0.05, 0.1) is 12.6 Å². The van der Waals surface area contributed by atoms with E-state index in [0.29, 0.717) is 6.42 Å². The number of benzene rings is 1. The zero-order chi connectivity index (χ0) is 11.5. The fourth-order valence-electron chi connectivity index (χ4n) is 1.70. The zero-order valence-corrected chi connectivity index (χ0v) is 8.52. The molecule has 1 heterocycles. The van der Waals surface area contributed by atoms with E-state index >= 15 is 0 Å². The fourth-order valence-corrected chi connectivity index (χ4v) is 1.70. The Labute approximate surface area is 92.0 Å². The summed E-state index contributed by atoms with van der Waals surface area (Å²) in [6.07, 6.45) is -0.460. The second-order valence-electron chi connectivity index (χ2n) is 3.71. The van der Waals surface area contributed by atoms with Crippen LogP contribution in [0.2, 0.25) is 0 Å². The smallest absolute Gasteiger partial charge is 0.407 e. The molecule has 2 unspecified atom stereocenters. The minimum Gasteiger partial charge on any atom is -0.444 e. The highest BCUT2D eigenvalue weighted by atomic mass is 19.1. The molecule has 0 spiro atoms. The minimum absolute atomic E-state index is 0.169. The number of amides is 1. The summed E-state index contributed by atoms with van der Waals surface area (Å²) in [6.45, 7) is -0.169. The molecule has 1 saturated heterocycles. The van der Waals surface area contributed by atoms with Crippen LogP contribution in [0.15, 0.2) is 24.3 Å². The van der Waals surface area contributed by atoms with Crippen molar-refractivity contribution in [3.8, 4) is 0 Å². The number of alkyl carbamates (subject to hydrolysis) is 1. The van der Waals surface area contributed by atoms with E-state index in [2.05, 4.69) is 5.32 Å². The molecule has 2 rings (SSSR count). The number of rotatable bonds is 3. The third kappa shape index (κ3) is 2.30. The molecule has 1 amide bonds. The van der Waals surface area contributed by atoms with Crippen LogP contribution in [0.1, 0.15) is 5.56 Å². The largest absolute Gasteiger partial charge is 0.444 e. The van der Waals surface area contributed by atoms with Crippen molar-refractivity contribution in [3.63, 3.8) is 0 Å². The number of cyclic esters (lactones) is 1. The van der Waals surface area contributed by atoms with Gasteiger partial charge in [-0.05, 0) is 17.7 Å². The highest BCUT2D eigenvalue weighted by molar-refractivity contribution is 5.70. The van der Waals surface area contributed by atoms with Gasteiger partial charge < -0.3 is 15.2 Å². The summed E-state index contributed by atoms with van der Waals surface area (Å²) in [5.41, 5.74) is 0.862. The molecule has 0 aromatic heterocycles. The lowest BCUT2D eigenvalue weighted by Gasteiger charge is -2.14. The first kappa shape index (κ1) is 10.9. The van der Waals surface area contributed by atoms with Crippen LogP contribution in [0.4, 0.5) is 9.18 Å². The maximum atomic E-state index is 12.7. The predicted octanol–water partition coefficient (Wildman–Crippen LogP) is 0.837. The molecule has 0 saturated carbocycles. The molecule has 0 radical (unpaired) electrons. The summed E-state index contributed by atoms with van der Waals surface area (Å²) in [5, 5.41) is 11.5. The van der Waals surface area contributed by atoms with E-state index in [9.17, 15) is 9.18 Å². The lowest BCUT2D eigenvalue weighted by molar-refractivity contribution is 0.118. The van der Waals surface area contributed by atoms with Crippen LogP contribution in [0, 0.1) is 5.82 Å². The van der Waals surface area contributed by atoms with Crippen LogP contribution in [0.3, 0.4) is 0 Å². The molecule has 1 aromatic rings. The van der Waals surface area contributed by atoms with E-state index in [0.717, 1.165) is 5.56 Å². The Hall–Kier alpha value is -1.62. The van der Waals surface area contributed by atoms with E-state index < -0.39 is 18.2 Å². The Bertz CT molecular complexity index is 379. The number of hydrogen-bond donors (Lipinski definition) is 2. The van der Waals surface area contributed by atoms with Crippen LogP contribution < -0.4 is 5.32 Å². The van der Waals surface area contributed by atoms with Crippen molar-refractivity contribution < 1.29 is 19.0 Å². The highest BCUT2D eigenvalue weighted by Gasteiger charge is 2.33. The molecule has 1 aromatic carbocycles. The van der Waals surface area contributed by atoms with Crippen molar-refractivity contribution in [3.05, 3.63) is 35.6 Å². The zero-order valence-electron chi connectivity index (χ0n) is 8.52. The fraction of sp³-hybridized carbons (Fsp3) is 0.364. The number of aliphatic hydroxyl groups excluding tert-OH is 1. The number of hydrogen-bond acceptors (Lipinski definition) is 3. The van der Waals surface area contributed by atoms with Gasteiger partial charge in [0.15, 0.2) is 0 Å². The van der Waals surface area contributed by atoms with E-state index in [4.69, 9.17) is 9.84 Å². The quantitative estimate of drug-likeness (QED) is 0.801. The van der Waals surface area contributed by atoms with Gasteiger partial charge >= 0.3 is 6.09 Å². The van der Waals surface area contributed by atoms with Crippen molar-refractivity contribution in [1.29, 1.82) is 0 Å². The molecular formula is C11H12FNO3. The number of nitrogens with one attached hydrogen (secondary N) is 1. The number of ether oxygens (including phenoxy) is 1. The number of aliphatic hydroxyl groups is 1. The van der Waals surface area contributed by atoms with Crippen LogP contribution >= 0.6 is 0 Å². The first-order chi connectivity index (χ1) is 7.69. The predicted molar refractivity (Wildman–Crippen MR) is 54.4 cm³/mol. The number of carbonyl (C=O) groups is 1. The van der Waals surface area contributed by atoms with E-state index in [1.807, 2.05) is 0 Å². The molecule has 0 bridgehead atoms.